The van der Waals surface area contributed by atoms with Crippen LogP contribution in [0.1, 0.15) is 66.8 Å². The van der Waals surface area contributed by atoms with E-state index in [4.69, 9.17) is 5.10 Å². The number of fused-ring (bicyclic) bond motifs is 2. The molecular weight excluding hydrogens is 597 g/mol. The summed E-state index contributed by atoms with van der Waals surface area (Å²) in [7, 11) is 0. The molecule has 2 aromatic heterocycles. The van der Waals surface area contributed by atoms with Crippen molar-refractivity contribution >= 4 is 10.9 Å². The Morgan fingerprint density at radius 3 is 2.16 bits per heavy atom. The number of aryl methyl sites for hydroxylation is 2. The normalized spacial score (nSPS) is 15.3. The molecule has 0 bridgehead atoms. The molecule has 0 fully saturated rings. The summed E-state index contributed by atoms with van der Waals surface area (Å²) < 4.78 is 99.4. The molecule has 1 aliphatic heterocycles. The molecule has 0 radical (unpaired) electrons. The number of halogens is 7. The van der Waals surface area contributed by atoms with Crippen LogP contribution >= 0.6 is 0 Å². The second kappa shape index (κ2) is 10.8. The van der Waals surface area contributed by atoms with Crippen LogP contribution in [0, 0.1) is 5.82 Å². The minimum Gasteiger partial charge on any atom is -0.359 e. The standard InChI is InChI=1S/C34H31F7N4/c1-5-19-9-7-10-20(6-2)29(19)45-30(23-11-8-12-27-28(23)26(35)16-42-27)24-18-44(32(3,4)31(24)43-45)17-21-13-14-22(33(36,37)38)15-25(21)34(39,40)41/h7-16,42H,5-6,17-18H2,1-4H3. The van der Waals surface area contributed by atoms with E-state index in [1.807, 2.05) is 50.6 Å². The lowest BCUT2D eigenvalue weighted by atomic mass is 9.96. The van der Waals surface area contributed by atoms with E-state index >= 15 is 4.39 Å². The molecule has 0 unspecified atom stereocenters. The highest BCUT2D eigenvalue weighted by Gasteiger charge is 2.45. The van der Waals surface area contributed by atoms with Gasteiger partial charge in [0.05, 0.1) is 33.7 Å². The molecule has 1 N–H and O–H groups in total. The number of H-pyrrole nitrogens is 1. The first-order chi connectivity index (χ1) is 21.2. The van der Waals surface area contributed by atoms with Crippen molar-refractivity contribution in [2.45, 2.75) is 71.5 Å². The maximum Gasteiger partial charge on any atom is 0.416 e. The highest BCUT2D eigenvalue weighted by Crippen LogP contribution is 2.47. The van der Waals surface area contributed by atoms with Crippen LogP contribution < -0.4 is 0 Å². The Hall–Kier alpha value is -4.12. The topological polar surface area (TPSA) is 36.9 Å². The summed E-state index contributed by atoms with van der Waals surface area (Å²) in [6.45, 7) is 7.62. The molecule has 11 heteroatoms. The molecule has 236 valence electrons. The number of nitrogens with one attached hydrogen (secondary N) is 1. The lowest BCUT2D eigenvalue weighted by molar-refractivity contribution is -0.143. The Labute approximate surface area is 255 Å². The summed E-state index contributed by atoms with van der Waals surface area (Å²) >= 11 is 0. The van der Waals surface area contributed by atoms with Gasteiger partial charge in [-0.1, -0.05) is 50.2 Å². The van der Waals surface area contributed by atoms with Crippen LogP contribution in [0.4, 0.5) is 30.7 Å². The first-order valence-corrected chi connectivity index (χ1v) is 14.7. The summed E-state index contributed by atoms with van der Waals surface area (Å²) in [6.07, 6.45) is -7.21. The average Bonchev–Trinajstić information content (AvgIpc) is 3.62. The number of benzene rings is 3. The van der Waals surface area contributed by atoms with E-state index < -0.39 is 34.8 Å². The van der Waals surface area contributed by atoms with Crippen molar-refractivity contribution in [1.29, 1.82) is 0 Å². The predicted molar refractivity (Wildman–Crippen MR) is 158 cm³/mol. The van der Waals surface area contributed by atoms with Crippen molar-refractivity contribution in [2.75, 3.05) is 0 Å². The fourth-order valence-corrected chi connectivity index (χ4v) is 6.51. The summed E-state index contributed by atoms with van der Waals surface area (Å²) in [5.41, 5.74) is 2.20. The molecule has 0 spiro atoms. The zero-order valence-electron chi connectivity index (χ0n) is 25.1. The van der Waals surface area contributed by atoms with Gasteiger partial charge in [-0.25, -0.2) is 9.07 Å². The van der Waals surface area contributed by atoms with Gasteiger partial charge in [-0.05, 0) is 61.6 Å². The molecule has 0 amide bonds. The second-order valence-corrected chi connectivity index (χ2v) is 11.9. The van der Waals surface area contributed by atoms with E-state index in [0.717, 1.165) is 28.4 Å². The van der Waals surface area contributed by atoms with Crippen LogP contribution in [-0.2, 0) is 43.8 Å². The zero-order chi connectivity index (χ0) is 32.5. The number of nitrogens with zero attached hydrogens (tertiary/aromatic N) is 3. The van der Waals surface area contributed by atoms with Gasteiger partial charge in [-0.15, -0.1) is 0 Å². The van der Waals surface area contributed by atoms with Crippen LogP contribution in [0.15, 0.2) is 60.8 Å². The van der Waals surface area contributed by atoms with Crippen LogP contribution in [-0.4, -0.2) is 19.7 Å². The third-order valence-electron chi connectivity index (χ3n) is 8.90. The molecule has 3 aromatic carbocycles. The number of rotatable bonds is 6. The average molecular weight is 629 g/mol. The monoisotopic (exact) mass is 628 g/mol. The third-order valence-corrected chi connectivity index (χ3v) is 8.90. The van der Waals surface area contributed by atoms with Gasteiger partial charge in [0.15, 0.2) is 0 Å². The number of aromatic nitrogens is 3. The Bertz CT molecular complexity index is 1890. The van der Waals surface area contributed by atoms with Crippen LogP contribution in [0.2, 0.25) is 0 Å². The van der Waals surface area contributed by atoms with Crippen molar-refractivity contribution in [3.05, 3.63) is 106 Å². The van der Waals surface area contributed by atoms with Gasteiger partial charge in [0, 0.05) is 41.3 Å². The second-order valence-electron chi connectivity index (χ2n) is 11.9. The first-order valence-electron chi connectivity index (χ1n) is 14.7. The predicted octanol–water partition coefficient (Wildman–Crippen LogP) is 9.57. The maximum atomic E-state index is 15.3. The quantitative estimate of drug-likeness (QED) is 0.190. The van der Waals surface area contributed by atoms with Crippen molar-refractivity contribution in [3.63, 3.8) is 0 Å². The fourth-order valence-electron chi connectivity index (χ4n) is 6.51. The van der Waals surface area contributed by atoms with E-state index in [9.17, 15) is 26.3 Å². The lowest BCUT2D eigenvalue weighted by Gasteiger charge is -2.33. The number of hydrogen-bond acceptors (Lipinski definition) is 2. The fraction of sp³-hybridized carbons (Fsp3) is 0.324. The molecule has 45 heavy (non-hydrogen) atoms. The zero-order valence-corrected chi connectivity index (χ0v) is 25.1. The molecule has 6 rings (SSSR count). The molecule has 0 atom stereocenters. The smallest absolute Gasteiger partial charge is 0.359 e. The summed E-state index contributed by atoms with van der Waals surface area (Å²) in [4.78, 5) is 4.73. The Morgan fingerprint density at radius 2 is 1.53 bits per heavy atom. The van der Waals surface area contributed by atoms with Gasteiger partial charge in [0.2, 0.25) is 0 Å². The van der Waals surface area contributed by atoms with Gasteiger partial charge in [0.1, 0.15) is 5.82 Å². The van der Waals surface area contributed by atoms with Gasteiger partial charge in [-0.2, -0.15) is 31.4 Å². The summed E-state index contributed by atoms with van der Waals surface area (Å²) in [5, 5.41) is 5.48. The number of hydrogen-bond donors (Lipinski definition) is 1. The van der Waals surface area contributed by atoms with Crippen LogP contribution in [0.5, 0.6) is 0 Å². The van der Waals surface area contributed by atoms with Crippen LogP contribution in [0.25, 0.3) is 27.8 Å². The van der Waals surface area contributed by atoms with E-state index in [0.29, 0.717) is 46.8 Å². The minimum atomic E-state index is -4.99. The molecule has 0 saturated carbocycles. The van der Waals surface area contributed by atoms with Crippen molar-refractivity contribution in [1.82, 2.24) is 19.7 Å². The van der Waals surface area contributed by atoms with Crippen molar-refractivity contribution in [3.8, 4) is 16.9 Å². The highest BCUT2D eigenvalue weighted by molar-refractivity contribution is 5.96. The molecule has 0 saturated heterocycles. The number of aromatic amines is 1. The van der Waals surface area contributed by atoms with E-state index in [2.05, 4.69) is 4.98 Å². The lowest BCUT2D eigenvalue weighted by Crippen LogP contribution is -2.36. The molecule has 4 nitrogen and oxygen atoms in total. The minimum absolute atomic E-state index is 0.147. The Morgan fingerprint density at radius 1 is 0.867 bits per heavy atom. The number of alkyl halides is 6. The van der Waals surface area contributed by atoms with E-state index in [-0.39, 0.29) is 24.7 Å². The molecular formula is C34H31F7N4. The first kappa shape index (κ1) is 30.9. The molecule has 5 aromatic rings. The molecule has 1 aliphatic rings. The SMILES string of the molecule is CCc1cccc(CC)c1-n1nc2c(c1-c1cccc3[nH]cc(F)c13)CN(Cc1ccc(C(F)(F)F)cc1C(F)(F)F)C2(C)C. The van der Waals surface area contributed by atoms with Gasteiger partial charge in [0.25, 0.3) is 0 Å². The number of para-hydroxylation sites is 1. The van der Waals surface area contributed by atoms with Crippen LogP contribution in [0.3, 0.4) is 0 Å². The largest absolute Gasteiger partial charge is 0.416 e. The third kappa shape index (κ3) is 5.10. The van der Waals surface area contributed by atoms with Gasteiger partial charge in [-0.3, -0.25) is 4.90 Å². The van der Waals surface area contributed by atoms with Crippen molar-refractivity contribution < 1.29 is 30.7 Å². The van der Waals surface area contributed by atoms with E-state index in [1.165, 1.54) is 6.20 Å². The highest BCUT2D eigenvalue weighted by atomic mass is 19.4. The Balaban J connectivity index is 1.55. The van der Waals surface area contributed by atoms with E-state index in [1.54, 1.807) is 23.1 Å². The molecule has 3 heterocycles. The van der Waals surface area contributed by atoms with Crippen molar-refractivity contribution in [2.24, 2.45) is 0 Å². The summed E-state index contributed by atoms with van der Waals surface area (Å²) in [5.74, 6) is -0.449. The Kier molecular flexibility index (Phi) is 7.38. The maximum absolute atomic E-state index is 15.3. The van der Waals surface area contributed by atoms with Gasteiger partial charge >= 0.3 is 12.4 Å². The van der Waals surface area contributed by atoms with Gasteiger partial charge < -0.3 is 4.98 Å². The summed E-state index contributed by atoms with van der Waals surface area (Å²) in [6, 6.07) is 13.2. The molecule has 0 aliphatic carbocycles.